The molecule has 4 heteroatoms. The molecule has 0 saturated heterocycles. The summed E-state index contributed by atoms with van der Waals surface area (Å²) in [6.07, 6.45) is 1.22. The Labute approximate surface area is 101 Å². The van der Waals surface area contributed by atoms with Crippen LogP contribution in [0.3, 0.4) is 0 Å². The summed E-state index contributed by atoms with van der Waals surface area (Å²) in [7, 11) is 1.91. The number of benzene rings is 1. The number of nitrogens with zero attached hydrogens (tertiary/aromatic N) is 1. The van der Waals surface area contributed by atoms with Crippen molar-refractivity contribution >= 4 is 17.3 Å². The van der Waals surface area contributed by atoms with E-state index in [1.807, 2.05) is 11.9 Å². The van der Waals surface area contributed by atoms with Crippen molar-refractivity contribution in [1.82, 2.24) is 0 Å². The summed E-state index contributed by atoms with van der Waals surface area (Å²) in [6, 6.07) is 5.02. The van der Waals surface area contributed by atoms with E-state index in [-0.39, 0.29) is 5.56 Å². The van der Waals surface area contributed by atoms with E-state index in [4.69, 9.17) is 10.8 Å². The number of para-hydroxylation sites is 1. The van der Waals surface area contributed by atoms with Crippen molar-refractivity contribution in [2.45, 2.75) is 13.3 Å². The highest BCUT2D eigenvalue weighted by Crippen LogP contribution is 2.39. The van der Waals surface area contributed by atoms with Crippen LogP contribution in [-0.4, -0.2) is 24.7 Å². The van der Waals surface area contributed by atoms with Crippen LogP contribution < -0.4 is 10.6 Å². The maximum absolute atomic E-state index is 11.2. The Morgan fingerprint density at radius 3 is 2.76 bits per heavy atom. The van der Waals surface area contributed by atoms with Gasteiger partial charge in [0.25, 0.3) is 0 Å². The van der Waals surface area contributed by atoms with Gasteiger partial charge in [0, 0.05) is 13.6 Å². The van der Waals surface area contributed by atoms with E-state index in [1.165, 1.54) is 6.42 Å². The molecule has 0 aromatic heterocycles. The molecule has 2 atom stereocenters. The molecule has 0 aliphatic heterocycles. The van der Waals surface area contributed by atoms with Crippen LogP contribution in [0.1, 0.15) is 23.7 Å². The fraction of sp³-hybridized carbons (Fsp3) is 0.462. The Hall–Kier alpha value is -1.71. The first kappa shape index (κ1) is 11.8. The van der Waals surface area contributed by atoms with Gasteiger partial charge in [0.2, 0.25) is 0 Å². The van der Waals surface area contributed by atoms with Crippen LogP contribution in [0.25, 0.3) is 0 Å². The number of rotatable bonds is 4. The van der Waals surface area contributed by atoms with Gasteiger partial charge in [0.15, 0.2) is 0 Å². The number of carboxylic acid groups (broad SMARTS) is 1. The first-order chi connectivity index (χ1) is 8.00. The second-order valence-electron chi connectivity index (χ2n) is 4.90. The van der Waals surface area contributed by atoms with Crippen LogP contribution in [0.15, 0.2) is 18.2 Å². The van der Waals surface area contributed by atoms with Crippen molar-refractivity contribution in [3.8, 4) is 0 Å². The SMILES string of the molecule is CC1CC1CN(C)c1c(N)cccc1C(=O)O. The van der Waals surface area contributed by atoms with Crippen LogP contribution in [0.2, 0.25) is 0 Å². The summed E-state index contributed by atoms with van der Waals surface area (Å²) in [5.41, 5.74) is 7.33. The van der Waals surface area contributed by atoms with Crippen molar-refractivity contribution in [3.05, 3.63) is 23.8 Å². The number of anilines is 2. The van der Waals surface area contributed by atoms with Gasteiger partial charge in [0.1, 0.15) is 0 Å². The first-order valence-electron chi connectivity index (χ1n) is 5.83. The van der Waals surface area contributed by atoms with Crippen LogP contribution >= 0.6 is 0 Å². The molecule has 1 aromatic carbocycles. The minimum atomic E-state index is -0.928. The zero-order chi connectivity index (χ0) is 12.6. The molecule has 92 valence electrons. The zero-order valence-electron chi connectivity index (χ0n) is 10.2. The van der Waals surface area contributed by atoms with E-state index in [1.54, 1.807) is 18.2 Å². The van der Waals surface area contributed by atoms with Gasteiger partial charge in [-0.1, -0.05) is 13.0 Å². The molecule has 1 aromatic rings. The largest absolute Gasteiger partial charge is 0.478 e. The number of aromatic carboxylic acids is 1. The lowest BCUT2D eigenvalue weighted by molar-refractivity contribution is 0.0697. The van der Waals surface area contributed by atoms with Crippen molar-refractivity contribution in [2.75, 3.05) is 24.2 Å². The molecule has 17 heavy (non-hydrogen) atoms. The standard InChI is InChI=1S/C13H18N2O2/c1-8-6-9(8)7-15(2)12-10(13(16)17)4-3-5-11(12)14/h3-5,8-9H,6-7,14H2,1-2H3,(H,16,17). The van der Waals surface area contributed by atoms with Gasteiger partial charge in [-0.3, -0.25) is 0 Å². The molecule has 1 aliphatic rings. The average molecular weight is 234 g/mol. The Morgan fingerprint density at radius 1 is 1.59 bits per heavy atom. The lowest BCUT2D eigenvalue weighted by Gasteiger charge is -2.23. The molecule has 3 N–H and O–H groups in total. The third-order valence-corrected chi connectivity index (χ3v) is 3.46. The quantitative estimate of drug-likeness (QED) is 0.782. The van der Waals surface area contributed by atoms with E-state index in [0.717, 1.165) is 12.5 Å². The van der Waals surface area contributed by atoms with Gasteiger partial charge in [-0.15, -0.1) is 0 Å². The molecule has 0 bridgehead atoms. The first-order valence-corrected chi connectivity index (χ1v) is 5.83. The van der Waals surface area contributed by atoms with Gasteiger partial charge in [0.05, 0.1) is 16.9 Å². The Bertz CT molecular complexity index is 445. The van der Waals surface area contributed by atoms with Crippen LogP contribution in [0.4, 0.5) is 11.4 Å². The topological polar surface area (TPSA) is 66.6 Å². The predicted octanol–water partition coefficient (Wildman–Crippen LogP) is 2.06. The van der Waals surface area contributed by atoms with Crippen molar-refractivity contribution in [2.24, 2.45) is 11.8 Å². The number of hydrogen-bond acceptors (Lipinski definition) is 3. The summed E-state index contributed by atoms with van der Waals surface area (Å²) < 4.78 is 0. The van der Waals surface area contributed by atoms with E-state index >= 15 is 0 Å². The minimum Gasteiger partial charge on any atom is -0.478 e. The highest BCUT2D eigenvalue weighted by atomic mass is 16.4. The molecule has 1 fully saturated rings. The van der Waals surface area contributed by atoms with Crippen molar-refractivity contribution < 1.29 is 9.90 Å². The van der Waals surface area contributed by atoms with E-state index in [0.29, 0.717) is 17.3 Å². The maximum atomic E-state index is 11.2. The van der Waals surface area contributed by atoms with E-state index < -0.39 is 5.97 Å². The fourth-order valence-corrected chi connectivity index (χ4v) is 2.26. The molecule has 1 saturated carbocycles. The molecule has 0 amide bonds. The molecular weight excluding hydrogens is 216 g/mol. The van der Waals surface area contributed by atoms with Gasteiger partial charge in [-0.2, -0.15) is 0 Å². The molecule has 2 unspecified atom stereocenters. The minimum absolute atomic E-state index is 0.279. The number of nitrogen functional groups attached to an aromatic ring is 1. The van der Waals surface area contributed by atoms with Gasteiger partial charge in [-0.25, -0.2) is 4.79 Å². The number of nitrogens with two attached hydrogens (primary N) is 1. The lowest BCUT2D eigenvalue weighted by atomic mass is 10.1. The second kappa shape index (κ2) is 4.28. The molecule has 2 rings (SSSR count). The number of carbonyl (C=O) groups is 1. The van der Waals surface area contributed by atoms with Crippen molar-refractivity contribution in [3.63, 3.8) is 0 Å². The number of carboxylic acids is 1. The monoisotopic (exact) mass is 234 g/mol. The Kier molecular flexibility index (Phi) is 2.96. The summed E-state index contributed by atoms with van der Waals surface area (Å²) in [6.45, 7) is 3.08. The molecule has 0 heterocycles. The average Bonchev–Trinajstić information content (AvgIpc) is 2.93. The Balaban J connectivity index is 2.26. The summed E-state index contributed by atoms with van der Waals surface area (Å²) in [5.74, 6) is 0.486. The summed E-state index contributed by atoms with van der Waals surface area (Å²) >= 11 is 0. The van der Waals surface area contributed by atoms with E-state index in [9.17, 15) is 4.79 Å². The molecular formula is C13H18N2O2. The molecule has 4 nitrogen and oxygen atoms in total. The third-order valence-electron chi connectivity index (χ3n) is 3.46. The van der Waals surface area contributed by atoms with Crippen LogP contribution in [-0.2, 0) is 0 Å². The maximum Gasteiger partial charge on any atom is 0.337 e. The van der Waals surface area contributed by atoms with Crippen LogP contribution in [0.5, 0.6) is 0 Å². The van der Waals surface area contributed by atoms with E-state index in [2.05, 4.69) is 6.92 Å². The highest BCUT2D eigenvalue weighted by molar-refractivity contribution is 5.97. The smallest absolute Gasteiger partial charge is 0.337 e. The summed E-state index contributed by atoms with van der Waals surface area (Å²) in [4.78, 5) is 13.1. The Morgan fingerprint density at radius 2 is 2.24 bits per heavy atom. The fourth-order valence-electron chi connectivity index (χ4n) is 2.26. The number of hydrogen-bond donors (Lipinski definition) is 2. The molecule has 0 spiro atoms. The third kappa shape index (κ3) is 2.35. The van der Waals surface area contributed by atoms with Gasteiger partial charge in [-0.05, 0) is 30.4 Å². The summed E-state index contributed by atoms with van der Waals surface area (Å²) in [5, 5.41) is 9.16. The highest BCUT2D eigenvalue weighted by Gasteiger charge is 2.34. The van der Waals surface area contributed by atoms with Gasteiger partial charge >= 0.3 is 5.97 Å². The second-order valence-corrected chi connectivity index (χ2v) is 4.90. The predicted molar refractivity (Wildman–Crippen MR) is 68.4 cm³/mol. The lowest BCUT2D eigenvalue weighted by Crippen LogP contribution is -2.24. The molecule has 0 radical (unpaired) electrons. The van der Waals surface area contributed by atoms with Gasteiger partial charge < -0.3 is 15.7 Å². The zero-order valence-corrected chi connectivity index (χ0v) is 10.2. The van der Waals surface area contributed by atoms with Crippen molar-refractivity contribution in [1.29, 1.82) is 0 Å². The van der Waals surface area contributed by atoms with Crippen LogP contribution in [0, 0.1) is 11.8 Å². The molecule has 1 aliphatic carbocycles. The normalized spacial score (nSPS) is 22.2.